The van der Waals surface area contributed by atoms with Gasteiger partial charge in [0.05, 0.1) is 11.3 Å². The van der Waals surface area contributed by atoms with Crippen LogP contribution in [0.25, 0.3) is 10.9 Å². The molecule has 2 fully saturated rings. The van der Waals surface area contributed by atoms with E-state index in [0.717, 1.165) is 48.6 Å². The molecule has 0 saturated carbocycles. The summed E-state index contributed by atoms with van der Waals surface area (Å²) >= 11 is 1.45. The van der Waals surface area contributed by atoms with E-state index >= 15 is 0 Å². The molecule has 0 bridgehead atoms. The quantitative estimate of drug-likeness (QED) is 0.533. The second-order valence-electron chi connectivity index (χ2n) is 8.70. The maximum absolute atomic E-state index is 13.7. The minimum atomic E-state index is -0.335. The summed E-state index contributed by atoms with van der Waals surface area (Å²) in [5.74, 6) is 0.533. The number of pyridine rings is 1. The Hall–Kier alpha value is -2.88. The normalized spacial score (nSPS) is 20.9. The number of carbonyl (C=O) groups excluding carboxylic acids is 1. The second-order valence-corrected chi connectivity index (χ2v) is 9.72. The number of halogens is 1. The first-order valence-electron chi connectivity index (χ1n) is 11.4. The topological polar surface area (TPSA) is 92.4 Å². The monoisotopic (exact) mass is 483 g/mol. The predicted octanol–water partition coefficient (Wildman–Crippen LogP) is 2.16. The van der Waals surface area contributed by atoms with Gasteiger partial charge in [0.15, 0.2) is 0 Å². The van der Waals surface area contributed by atoms with E-state index in [1.807, 2.05) is 12.2 Å². The maximum atomic E-state index is 13.7. The molecule has 2 aliphatic heterocycles. The van der Waals surface area contributed by atoms with E-state index in [1.54, 1.807) is 22.8 Å². The molecule has 3 heterocycles. The van der Waals surface area contributed by atoms with E-state index in [4.69, 9.17) is 5.73 Å². The highest BCUT2D eigenvalue weighted by Gasteiger charge is 2.22. The summed E-state index contributed by atoms with van der Waals surface area (Å²) in [6, 6.07) is 7.84. The van der Waals surface area contributed by atoms with Crippen LogP contribution in [0.15, 0.2) is 70.2 Å². The maximum Gasteiger partial charge on any atom is 0.251 e. The SMILES string of the molecule is C=C1NC(=O)CS/C1=C/C=C(\N)CNC[C@H]1CCN(CCn2c(=O)ccc3ccc(F)cc32)C1. The second kappa shape index (κ2) is 11.0. The molecule has 34 heavy (non-hydrogen) atoms. The van der Waals surface area contributed by atoms with Gasteiger partial charge in [0, 0.05) is 48.5 Å². The number of thioether (sulfide) groups is 1. The van der Waals surface area contributed by atoms with Gasteiger partial charge in [0.1, 0.15) is 5.82 Å². The van der Waals surface area contributed by atoms with Crippen LogP contribution in [-0.4, -0.2) is 53.9 Å². The highest BCUT2D eigenvalue weighted by Crippen LogP contribution is 2.25. The molecule has 180 valence electrons. The van der Waals surface area contributed by atoms with Crippen LogP contribution >= 0.6 is 11.8 Å². The first-order chi connectivity index (χ1) is 16.4. The van der Waals surface area contributed by atoms with E-state index in [1.165, 1.54) is 23.9 Å². The molecule has 0 spiro atoms. The highest BCUT2D eigenvalue weighted by atomic mass is 32.2. The summed E-state index contributed by atoms with van der Waals surface area (Å²) in [6.07, 6.45) is 4.82. The Morgan fingerprint density at radius 3 is 2.94 bits per heavy atom. The molecular formula is C25H30FN5O2S. The van der Waals surface area contributed by atoms with Gasteiger partial charge in [0.25, 0.3) is 5.56 Å². The lowest BCUT2D eigenvalue weighted by Gasteiger charge is -2.18. The van der Waals surface area contributed by atoms with Crippen LogP contribution in [0.1, 0.15) is 6.42 Å². The Morgan fingerprint density at radius 1 is 1.29 bits per heavy atom. The lowest BCUT2D eigenvalue weighted by Crippen LogP contribution is -2.32. The number of hydrogen-bond donors (Lipinski definition) is 3. The number of nitrogens with two attached hydrogens (primary N) is 1. The Balaban J connectivity index is 1.23. The van der Waals surface area contributed by atoms with Crippen LogP contribution < -0.4 is 21.9 Å². The van der Waals surface area contributed by atoms with Gasteiger partial charge in [-0.1, -0.05) is 6.58 Å². The van der Waals surface area contributed by atoms with Crippen molar-refractivity contribution in [3.8, 4) is 0 Å². The van der Waals surface area contributed by atoms with Crippen molar-refractivity contribution in [1.82, 2.24) is 20.1 Å². The predicted molar refractivity (Wildman–Crippen MR) is 136 cm³/mol. The van der Waals surface area contributed by atoms with Crippen molar-refractivity contribution >= 4 is 28.6 Å². The summed E-state index contributed by atoms with van der Waals surface area (Å²) in [5.41, 5.74) is 7.98. The standard InChI is InChI=1S/C25H30FN5O2S/c1-17-23(34-16-24(32)29-17)6-5-21(27)14-28-13-18-8-9-30(15-18)10-11-31-22-12-20(26)4-2-19(22)3-7-25(31)33/h2-7,12,18,28H,1,8-11,13-16,27H2,(H,29,32)/b21-5-,23-6+/t18-/m1/s1. The van der Waals surface area contributed by atoms with Crippen molar-refractivity contribution in [3.05, 3.63) is 81.5 Å². The van der Waals surface area contributed by atoms with Gasteiger partial charge in [-0.2, -0.15) is 0 Å². The summed E-state index contributed by atoms with van der Waals surface area (Å²) in [4.78, 5) is 27.0. The van der Waals surface area contributed by atoms with Crippen molar-refractivity contribution in [2.24, 2.45) is 11.7 Å². The zero-order chi connectivity index (χ0) is 24.1. The minimum Gasteiger partial charge on any atom is -0.401 e. The number of aromatic nitrogens is 1. The highest BCUT2D eigenvalue weighted by molar-refractivity contribution is 8.04. The molecule has 0 unspecified atom stereocenters. The number of nitrogens with zero attached hydrogens (tertiary/aromatic N) is 2. The van der Waals surface area contributed by atoms with Gasteiger partial charge in [-0.15, -0.1) is 11.8 Å². The minimum absolute atomic E-state index is 0.0329. The van der Waals surface area contributed by atoms with E-state index in [2.05, 4.69) is 22.1 Å². The number of amides is 1. The first kappa shape index (κ1) is 24.3. The van der Waals surface area contributed by atoms with Crippen LogP contribution in [0.3, 0.4) is 0 Å². The zero-order valence-corrected chi connectivity index (χ0v) is 19.9. The van der Waals surface area contributed by atoms with Gasteiger partial charge in [-0.05, 0) is 67.2 Å². The summed E-state index contributed by atoms with van der Waals surface area (Å²) < 4.78 is 15.4. The summed E-state index contributed by atoms with van der Waals surface area (Å²) in [6.45, 7) is 8.51. The van der Waals surface area contributed by atoms with E-state index in [9.17, 15) is 14.0 Å². The molecule has 9 heteroatoms. The van der Waals surface area contributed by atoms with Gasteiger partial charge >= 0.3 is 0 Å². The fourth-order valence-electron chi connectivity index (χ4n) is 4.32. The number of fused-ring (bicyclic) bond motifs is 1. The molecule has 1 aromatic heterocycles. The molecule has 4 rings (SSSR count). The summed E-state index contributed by atoms with van der Waals surface area (Å²) in [7, 11) is 0. The van der Waals surface area contributed by atoms with Crippen molar-refractivity contribution in [3.63, 3.8) is 0 Å². The Labute approximate surface area is 202 Å². The third-order valence-corrected chi connectivity index (χ3v) is 7.22. The molecule has 2 aliphatic rings. The van der Waals surface area contributed by atoms with Crippen LogP contribution in [0.4, 0.5) is 4.39 Å². The first-order valence-corrected chi connectivity index (χ1v) is 12.4. The molecule has 1 atom stereocenters. The smallest absolute Gasteiger partial charge is 0.251 e. The van der Waals surface area contributed by atoms with Gasteiger partial charge in [-0.25, -0.2) is 4.39 Å². The van der Waals surface area contributed by atoms with Crippen LogP contribution in [0, 0.1) is 11.7 Å². The molecule has 2 aromatic rings. The number of hydrogen-bond acceptors (Lipinski definition) is 6. The van der Waals surface area contributed by atoms with Crippen molar-refractivity contribution in [2.75, 3.05) is 38.5 Å². The van der Waals surface area contributed by atoms with Crippen molar-refractivity contribution < 1.29 is 9.18 Å². The number of rotatable bonds is 8. The Bertz CT molecular complexity index is 1210. The summed E-state index contributed by atoms with van der Waals surface area (Å²) in [5, 5.41) is 7.01. The fourth-order valence-corrected chi connectivity index (χ4v) is 5.07. The van der Waals surface area contributed by atoms with E-state index in [-0.39, 0.29) is 17.3 Å². The van der Waals surface area contributed by atoms with Gasteiger partial charge in [0.2, 0.25) is 5.91 Å². The van der Waals surface area contributed by atoms with Gasteiger partial charge in [-0.3, -0.25) is 9.59 Å². The molecular weight excluding hydrogens is 453 g/mol. The number of nitrogens with one attached hydrogen (secondary N) is 2. The third kappa shape index (κ3) is 6.16. The molecule has 1 aromatic carbocycles. The van der Waals surface area contributed by atoms with Crippen molar-refractivity contribution in [2.45, 2.75) is 13.0 Å². The van der Waals surface area contributed by atoms with Crippen LogP contribution in [0.5, 0.6) is 0 Å². The largest absolute Gasteiger partial charge is 0.401 e. The number of benzene rings is 1. The Morgan fingerprint density at radius 2 is 2.12 bits per heavy atom. The molecule has 0 aliphatic carbocycles. The van der Waals surface area contributed by atoms with Crippen LogP contribution in [0.2, 0.25) is 0 Å². The average molecular weight is 484 g/mol. The lowest BCUT2D eigenvalue weighted by molar-refractivity contribution is -0.117. The molecule has 2 saturated heterocycles. The number of carbonyl (C=O) groups is 1. The molecule has 7 nitrogen and oxygen atoms in total. The zero-order valence-electron chi connectivity index (χ0n) is 19.1. The molecule has 1 amide bonds. The van der Waals surface area contributed by atoms with Crippen molar-refractivity contribution in [1.29, 1.82) is 0 Å². The molecule has 0 radical (unpaired) electrons. The molecule has 4 N–H and O–H groups in total. The lowest BCUT2D eigenvalue weighted by atomic mass is 10.1. The third-order valence-electron chi connectivity index (χ3n) is 6.12. The van der Waals surface area contributed by atoms with Gasteiger partial charge < -0.3 is 25.8 Å². The number of allylic oxidation sites excluding steroid dienone is 2. The van der Waals surface area contributed by atoms with E-state index in [0.29, 0.717) is 36.0 Å². The van der Waals surface area contributed by atoms with Crippen LogP contribution in [-0.2, 0) is 11.3 Å². The fraction of sp³-hybridized carbons (Fsp3) is 0.360. The average Bonchev–Trinajstić information content (AvgIpc) is 3.25. The number of likely N-dealkylation sites (tertiary alicyclic amines) is 1. The Kier molecular flexibility index (Phi) is 7.87. The van der Waals surface area contributed by atoms with E-state index < -0.39 is 0 Å².